The topological polar surface area (TPSA) is 109 Å². The molecule has 0 radical (unpaired) electrons. The first kappa shape index (κ1) is 19.9. The molecule has 0 bridgehead atoms. The van der Waals surface area contributed by atoms with Gasteiger partial charge in [0.2, 0.25) is 11.6 Å². The van der Waals surface area contributed by atoms with Crippen molar-refractivity contribution in [2.75, 3.05) is 21.3 Å². The Balaban J connectivity index is 2.07. The SMILES string of the molecule is COc1ccc(/C=C2/N=C(c3cccc([N+](=O)[O-])c3C)OC2=O)c(OC)c1OC. The molecule has 9 nitrogen and oxygen atoms in total. The number of cyclic esters (lactones) is 1. The van der Waals surface area contributed by atoms with Crippen molar-refractivity contribution in [2.45, 2.75) is 6.92 Å². The summed E-state index contributed by atoms with van der Waals surface area (Å²) in [6, 6.07) is 7.85. The first-order chi connectivity index (χ1) is 13.9. The lowest BCUT2D eigenvalue weighted by atomic mass is 10.1. The van der Waals surface area contributed by atoms with Crippen LogP contribution in [0, 0.1) is 17.0 Å². The van der Waals surface area contributed by atoms with Crippen molar-refractivity contribution >= 4 is 23.6 Å². The van der Waals surface area contributed by atoms with Gasteiger partial charge in [0.25, 0.3) is 5.69 Å². The summed E-state index contributed by atoms with van der Waals surface area (Å²) < 4.78 is 21.2. The first-order valence-corrected chi connectivity index (χ1v) is 8.47. The number of nitro benzene ring substituents is 1. The maximum Gasteiger partial charge on any atom is 0.363 e. The van der Waals surface area contributed by atoms with Gasteiger partial charge < -0.3 is 18.9 Å². The van der Waals surface area contributed by atoms with Crippen molar-refractivity contribution in [3.05, 3.63) is 62.8 Å². The Kier molecular flexibility index (Phi) is 5.49. The van der Waals surface area contributed by atoms with Crippen molar-refractivity contribution in [2.24, 2.45) is 4.99 Å². The van der Waals surface area contributed by atoms with E-state index in [9.17, 15) is 14.9 Å². The zero-order valence-electron chi connectivity index (χ0n) is 16.2. The average molecular weight is 398 g/mol. The molecule has 1 aliphatic rings. The Morgan fingerprint density at radius 1 is 1.07 bits per heavy atom. The van der Waals surface area contributed by atoms with Gasteiger partial charge in [-0.2, -0.15) is 0 Å². The maximum atomic E-state index is 12.3. The monoisotopic (exact) mass is 398 g/mol. The summed E-state index contributed by atoms with van der Waals surface area (Å²) in [5.41, 5.74) is 1.19. The third-order valence-electron chi connectivity index (χ3n) is 4.38. The molecule has 9 heteroatoms. The second-order valence-corrected chi connectivity index (χ2v) is 5.97. The maximum absolute atomic E-state index is 12.3. The molecule has 0 saturated heterocycles. The summed E-state index contributed by atoms with van der Waals surface area (Å²) in [5, 5.41) is 11.2. The molecular weight excluding hydrogens is 380 g/mol. The van der Waals surface area contributed by atoms with Gasteiger partial charge in [-0.3, -0.25) is 10.1 Å². The number of carbonyl (C=O) groups is 1. The Bertz CT molecular complexity index is 1060. The van der Waals surface area contributed by atoms with E-state index in [0.717, 1.165) is 0 Å². The zero-order valence-corrected chi connectivity index (χ0v) is 16.2. The van der Waals surface area contributed by atoms with E-state index >= 15 is 0 Å². The summed E-state index contributed by atoms with van der Waals surface area (Å²) in [5.74, 6) is 0.526. The van der Waals surface area contributed by atoms with Gasteiger partial charge in [-0.15, -0.1) is 0 Å². The molecule has 0 N–H and O–H groups in total. The second kappa shape index (κ2) is 8.01. The lowest BCUT2D eigenvalue weighted by molar-refractivity contribution is -0.385. The Morgan fingerprint density at radius 2 is 1.79 bits per heavy atom. The van der Waals surface area contributed by atoms with Gasteiger partial charge in [0.05, 0.1) is 26.3 Å². The van der Waals surface area contributed by atoms with Gasteiger partial charge in [0.15, 0.2) is 17.2 Å². The van der Waals surface area contributed by atoms with Crippen LogP contribution in [-0.2, 0) is 9.53 Å². The number of hydrogen-bond donors (Lipinski definition) is 0. The average Bonchev–Trinajstić information content (AvgIpc) is 3.07. The van der Waals surface area contributed by atoms with Crippen molar-refractivity contribution in [1.82, 2.24) is 0 Å². The predicted molar refractivity (Wildman–Crippen MR) is 105 cm³/mol. The van der Waals surface area contributed by atoms with Crippen LogP contribution in [0.15, 0.2) is 41.0 Å². The van der Waals surface area contributed by atoms with E-state index in [1.807, 2.05) is 0 Å². The molecule has 2 aromatic rings. The summed E-state index contributed by atoms with van der Waals surface area (Å²) in [7, 11) is 4.44. The van der Waals surface area contributed by atoms with E-state index in [1.54, 1.807) is 25.1 Å². The fourth-order valence-electron chi connectivity index (χ4n) is 2.96. The molecule has 0 amide bonds. The highest BCUT2D eigenvalue weighted by molar-refractivity contribution is 6.13. The number of benzene rings is 2. The number of hydrogen-bond acceptors (Lipinski definition) is 8. The Hall–Kier alpha value is -3.88. The lowest BCUT2D eigenvalue weighted by Crippen LogP contribution is -2.08. The van der Waals surface area contributed by atoms with Crippen LogP contribution in [0.3, 0.4) is 0 Å². The van der Waals surface area contributed by atoms with E-state index in [4.69, 9.17) is 18.9 Å². The zero-order chi connectivity index (χ0) is 21.1. The van der Waals surface area contributed by atoms with Gasteiger partial charge in [0, 0.05) is 22.8 Å². The van der Waals surface area contributed by atoms with Crippen LogP contribution in [0.2, 0.25) is 0 Å². The molecule has 0 unspecified atom stereocenters. The summed E-state index contributed by atoms with van der Waals surface area (Å²) in [6.07, 6.45) is 1.49. The molecule has 0 atom stereocenters. The number of carbonyl (C=O) groups excluding carboxylic acids is 1. The normalized spacial score (nSPS) is 14.4. The molecule has 3 rings (SSSR count). The first-order valence-electron chi connectivity index (χ1n) is 8.47. The molecular formula is C20H18N2O7. The highest BCUT2D eigenvalue weighted by Crippen LogP contribution is 2.41. The van der Waals surface area contributed by atoms with Crippen LogP contribution in [0.5, 0.6) is 17.2 Å². The quantitative estimate of drug-likeness (QED) is 0.318. The van der Waals surface area contributed by atoms with Crippen LogP contribution >= 0.6 is 0 Å². The van der Waals surface area contributed by atoms with E-state index in [-0.39, 0.29) is 17.3 Å². The Morgan fingerprint density at radius 3 is 2.41 bits per heavy atom. The number of methoxy groups -OCH3 is 3. The largest absolute Gasteiger partial charge is 0.493 e. The molecule has 0 spiro atoms. The molecule has 29 heavy (non-hydrogen) atoms. The fraction of sp³-hybridized carbons (Fsp3) is 0.200. The van der Waals surface area contributed by atoms with Crippen LogP contribution in [0.1, 0.15) is 16.7 Å². The minimum absolute atomic E-state index is 0.00175. The van der Waals surface area contributed by atoms with Crippen LogP contribution in [-0.4, -0.2) is 38.1 Å². The molecule has 150 valence electrons. The van der Waals surface area contributed by atoms with E-state index in [0.29, 0.717) is 33.9 Å². The molecule has 1 heterocycles. The number of rotatable bonds is 6. The number of aliphatic imine (C=N–C) groups is 1. The van der Waals surface area contributed by atoms with Gasteiger partial charge in [-0.1, -0.05) is 6.07 Å². The van der Waals surface area contributed by atoms with E-state index < -0.39 is 10.9 Å². The number of esters is 1. The van der Waals surface area contributed by atoms with Crippen molar-refractivity contribution in [3.8, 4) is 17.2 Å². The van der Waals surface area contributed by atoms with Crippen molar-refractivity contribution < 1.29 is 28.7 Å². The lowest BCUT2D eigenvalue weighted by Gasteiger charge is -2.14. The van der Waals surface area contributed by atoms with Gasteiger partial charge in [-0.25, -0.2) is 9.79 Å². The van der Waals surface area contributed by atoms with Gasteiger partial charge in [-0.05, 0) is 31.2 Å². The molecule has 2 aromatic carbocycles. The van der Waals surface area contributed by atoms with E-state index in [1.165, 1.54) is 39.5 Å². The highest BCUT2D eigenvalue weighted by atomic mass is 16.6. The van der Waals surface area contributed by atoms with Gasteiger partial charge in [0.1, 0.15) is 0 Å². The van der Waals surface area contributed by atoms with Crippen molar-refractivity contribution in [1.29, 1.82) is 0 Å². The molecule has 0 aromatic heterocycles. The summed E-state index contributed by atoms with van der Waals surface area (Å²) in [4.78, 5) is 27.2. The smallest absolute Gasteiger partial charge is 0.363 e. The minimum atomic E-state index is -0.678. The number of ether oxygens (including phenoxy) is 4. The third kappa shape index (κ3) is 3.62. The van der Waals surface area contributed by atoms with Crippen LogP contribution in [0.25, 0.3) is 6.08 Å². The van der Waals surface area contributed by atoms with Crippen molar-refractivity contribution in [3.63, 3.8) is 0 Å². The molecule has 0 aliphatic carbocycles. The van der Waals surface area contributed by atoms with E-state index in [2.05, 4.69) is 4.99 Å². The molecule has 0 saturated carbocycles. The Labute approximate surface area is 166 Å². The van der Waals surface area contributed by atoms with Crippen LogP contribution in [0.4, 0.5) is 5.69 Å². The predicted octanol–water partition coefficient (Wildman–Crippen LogP) is 3.27. The fourth-order valence-corrected chi connectivity index (χ4v) is 2.96. The number of nitro groups is 1. The van der Waals surface area contributed by atoms with Gasteiger partial charge >= 0.3 is 5.97 Å². The summed E-state index contributed by atoms with van der Waals surface area (Å²) >= 11 is 0. The number of nitrogens with zero attached hydrogens (tertiary/aromatic N) is 2. The molecule has 1 aliphatic heterocycles. The molecule has 0 fully saturated rings. The third-order valence-corrected chi connectivity index (χ3v) is 4.38. The standard InChI is InChI=1S/C20H18N2O7/c1-11-13(6-5-7-15(11)22(24)25)19-21-14(20(23)29-19)10-12-8-9-16(26-2)18(28-4)17(12)27-3/h5-10H,1-4H3/b14-10+. The second-order valence-electron chi connectivity index (χ2n) is 5.97. The minimum Gasteiger partial charge on any atom is -0.493 e. The highest BCUT2D eigenvalue weighted by Gasteiger charge is 2.28. The van der Waals surface area contributed by atoms with Crippen LogP contribution < -0.4 is 14.2 Å². The summed E-state index contributed by atoms with van der Waals surface area (Å²) in [6.45, 7) is 1.57.